The van der Waals surface area contributed by atoms with Crippen molar-refractivity contribution >= 4 is 0 Å². The minimum Gasteiger partial charge on any atom is -0.323 e. The maximum Gasteiger partial charge on any atom is 0.0956 e. The summed E-state index contributed by atoms with van der Waals surface area (Å²) in [5.74, 6) is 1.58. The van der Waals surface area contributed by atoms with Crippen molar-refractivity contribution in [3.63, 3.8) is 0 Å². The number of benzene rings is 1. The fraction of sp³-hybridized carbons (Fsp3) is 0.571. The summed E-state index contributed by atoms with van der Waals surface area (Å²) in [5, 5.41) is 0. The number of fused-ring (bicyclic) bond motifs is 3. The number of imidazole rings is 1. The molecule has 2 heterocycles. The van der Waals surface area contributed by atoms with Crippen LogP contribution in [0.4, 0.5) is 0 Å². The molecule has 0 saturated carbocycles. The van der Waals surface area contributed by atoms with E-state index in [1.807, 2.05) is 12.5 Å². The van der Waals surface area contributed by atoms with Crippen LogP contribution >= 0.6 is 0 Å². The predicted octanol–water partition coefficient (Wildman–Crippen LogP) is 5.87. The molecule has 2 heteroatoms. The first kappa shape index (κ1) is 16.3. The van der Waals surface area contributed by atoms with Gasteiger partial charge in [-0.25, -0.2) is 4.98 Å². The van der Waals surface area contributed by atoms with Crippen LogP contribution in [0.5, 0.6) is 0 Å². The van der Waals surface area contributed by atoms with E-state index in [0.717, 1.165) is 18.3 Å². The summed E-state index contributed by atoms with van der Waals surface area (Å²) in [6.07, 6.45) is 10.3. The van der Waals surface area contributed by atoms with Gasteiger partial charge in [0.25, 0.3) is 0 Å². The maximum atomic E-state index is 4.42. The monoisotopic (exact) mass is 310 g/mol. The van der Waals surface area contributed by atoms with Crippen molar-refractivity contribution in [2.45, 2.75) is 65.8 Å². The quantitative estimate of drug-likeness (QED) is 0.625. The van der Waals surface area contributed by atoms with E-state index in [2.05, 4.69) is 55.4 Å². The van der Waals surface area contributed by atoms with Crippen LogP contribution < -0.4 is 0 Å². The molecule has 1 aliphatic heterocycles. The van der Waals surface area contributed by atoms with Crippen LogP contribution in [0.1, 0.15) is 70.5 Å². The summed E-state index contributed by atoms with van der Waals surface area (Å²) in [6.45, 7) is 9.38. The van der Waals surface area contributed by atoms with Gasteiger partial charge in [0.2, 0.25) is 0 Å². The Bertz CT molecular complexity index is 656. The Hall–Kier alpha value is -1.57. The van der Waals surface area contributed by atoms with Crippen LogP contribution in [0.3, 0.4) is 0 Å². The van der Waals surface area contributed by atoms with Gasteiger partial charge >= 0.3 is 0 Å². The molecule has 0 spiro atoms. The summed E-state index contributed by atoms with van der Waals surface area (Å²) in [4.78, 5) is 4.42. The second-order valence-corrected chi connectivity index (χ2v) is 7.10. The summed E-state index contributed by atoms with van der Waals surface area (Å²) >= 11 is 0. The molecule has 3 rings (SSSR count). The van der Waals surface area contributed by atoms with Crippen molar-refractivity contribution < 1.29 is 0 Å². The van der Waals surface area contributed by atoms with Crippen molar-refractivity contribution in [1.29, 1.82) is 0 Å². The molecule has 23 heavy (non-hydrogen) atoms. The molecule has 0 N–H and O–H groups in total. The first-order valence-corrected chi connectivity index (χ1v) is 9.35. The first-order valence-electron chi connectivity index (χ1n) is 9.35. The topological polar surface area (TPSA) is 17.8 Å². The number of rotatable bonds is 7. The van der Waals surface area contributed by atoms with E-state index in [1.165, 1.54) is 42.5 Å². The summed E-state index contributed by atoms with van der Waals surface area (Å²) in [7, 11) is 0. The lowest BCUT2D eigenvalue weighted by Gasteiger charge is -2.27. The number of aromatic nitrogens is 2. The maximum absolute atomic E-state index is 4.42. The predicted molar refractivity (Wildman–Crippen MR) is 97.7 cm³/mol. The fourth-order valence-corrected chi connectivity index (χ4v) is 4.48. The second kappa shape index (κ2) is 6.90. The lowest BCUT2D eigenvalue weighted by atomic mass is 9.81. The molecule has 0 fully saturated rings. The van der Waals surface area contributed by atoms with E-state index >= 15 is 0 Å². The van der Waals surface area contributed by atoms with Gasteiger partial charge in [0, 0.05) is 5.56 Å². The van der Waals surface area contributed by atoms with Gasteiger partial charge in [-0.3, -0.25) is 0 Å². The lowest BCUT2D eigenvalue weighted by molar-refractivity contribution is 0.281. The SMILES string of the molecule is CCCC(CC)C(C)CC1c2c(CC)cccc2-c2cncn21. The molecule has 3 unspecified atom stereocenters. The van der Waals surface area contributed by atoms with E-state index in [9.17, 15) is 0 Å². The Labute approximate surface area is 141 Å². The minimum atomic E-state index is 0.472. The normalized spacial score (nSPS) is 18.5. The van der Waals surface area contributed by atoms with E-state index in [-0.39, 0.29) is 0 Å². The number of hydrogen-bond acceptors (Lipinski definition) is 1. The van der Waals surface area contributed by atoms with Gasteiger partial charge in [0.1, 0.15) is 0 Å². The Morgan fingerprint density at radius 2 is 2.04 bits per heavy atom. The van der Waals surface area contributed by atoms with Crippen LogP contribution in [0, 0.1) is 11.8 Å². The Morgan fingerprint density at radius 1 is 1.22 bits per heavy atom. The Balaban J connectivity index is 1.94. The highest BCUT2D eigenvalue weighted by Gasteiger charge is 2.32. The Kier molecular flexibility index (Phi) is 4.89. The van der Waals surface area contributed by atoms with Crippen LogP contribution in [0.25, 0.3) is 11.3 Å². The van der Waals surface area contributed by atoms with Crippen molar-refractivity contribution in [1.82, 2.24) is 9.55 Å². The molecule has 1 aromatic carbocycles. The van der Waals surface area contributed by atoms with E-state index in [1.54, 1.807) is 5.56 Å². The summed E-state index contributed by atoms with van der Waals surface area (Å²) < 4.78 is 2.42. The fourth-order valence-electron chi connectivity index (χ4n) is 4.48. The molecule has 2 aromatic rings. The van der Waals surface area contributed by atoms with Crippen molar-refractivity contribution in [3.8, 4) is 11.3 Å². The molecular weight excluding hydrogens is 280 g/mol. The third-order valence-corrected chi connectivity index (χ3v) is 5.77. The van der Waals surface area contributed by atoms with Gasteiger partial charge in [-0.15, -0.1) is 0 Å². The average Bonchev–Trinajstić information content (AvgIpc) is 3.15. The third kappa shape index (κ3) is 2.84. The largest absolute Gasteiger partial charge is 0.323 e. The standard InChI is InChI=1S/C21H30N2/c1-5-9-16(6-2)15(4)12-19-21-17(7-3)10-8-11-18(21)20-13-22-14-23(19)20/h8,10-11,13-16,19H,5-7,9,12H2,1-4H3. The molecule has 0 saturated heterocycles. The molecule has 0 radical (unpaired) electrons. The highest BCUT2D eigenvalue weighted by atomic mass is 15.1. The lowest BCUT2D eigenvalue weighted by Crippen LogP contribution is -2.17. The zero-order valence-electron chi connectivity index (χ0n) is 15.0. The number of nitrogens with zero attached hydrogens (tertiary/aromatic N) is 2. The van der Waals surface area contributed by atoms with E-state index < -0.39 is 0 Å². The van der Waals surface area contributed by atoms with Gasteiger partial charge in [0.05, 0.1) is 24.3 Å². The van der Waals surface area contributed by atoms with E-state index in [0.29, 0.717) is 6.04 Å². The van der Waals surface area contributed by atoms with Crippen molar-refractivity contribution in [2.24, 2.45) is 11.8 Å². The molecule has 0 bridgehead atoms. The molecule has 0 amide bonds. The molecule has 2 nitrogen and oxygen atoms in total. The Morgan fingerprint density at radius 3 is 2.74 bits per heavy atom. The summed E-state index contributed by atoms with van der Waals surface area (Å²) in [5.41, 5.74) is 5.77. The van der Waals surface area contributed by atoms with Gasteiger partial charge < -0.3 is 4.57 Å². The zero-order valence-corrected chi connectivity index (χ0v) is 15.0. The van der Waals surface area contributed by atoms with Gasteiger partial charge in [-0.1, -0.05) is 65.2 Å². The smallest absolute Gasteiger partial charge is 0.0956 e. The average molecular weight is 310 g/mol. The number of hydrogen-bond donors (Lipinski definition) is 0. The van der Waals surface area contributed by atoms with Crippen molar-refractivity contribution in [3.05, 3.63) is 41.9 Å². The van der Waals surface area contributed by atoms with Gasteiger partial charge in [0.15, 0.2) is 0 Å². The summed E-state index contributed by atoms with van der Waals surface area (Å²) in [6, 6.07) is 7.25. The van der Waals surface area contributed by atoms with E-state index in [4.69, 9.17) is 0 Å². The minimum absolute atomic E-state index is 0.472. The molecule has 124 valence electrons. The number of aryl methyl sites for hydroxylation is 1. The highest BCUT2D eigenvalue weighted by Crippen LogP contribution is 2.45. The molecular formula is C21H30N2. The first-order chi connectivity index (χ1) is 11.2. The second-order valence-electron chi connectivity index (χ2n) is 7.10. The zero-order chi connectivity index (χ0) is 16.4. The highest BCUT2D eigenvalue weighted by molar-refractivity contribution is 5.70. The molecule has 3 atom stereocenters. The molecule has 0 aliphatic carbocycles. The van der Waals surface area contributed by atoms with Crippen LogP contribution in [-0.2, 0) is 6.42 Å². The van der Waals surface area contributed by atoms with Crippen molar-refractivity contribution in [2.75, 3.05) is 0 Å². The van der Waals surface area contributed by atoms with Gasteiger partial charge in [-0.2, -0.15) is 0 Å². The van der Waals surface area contributed by atoms with Crippen LogP contribution in [0.2, 0.25) is 0 Å². The third-order valence-electron chi connectivity index (χ3n) is 5.77. The van der Waals surface area contributed by atoms with Gasteiger partial charge in [-0.05, 0) is 35.8 Å². The molecule has 1 aromatic heterocycles. The molecule has 1 aliphatic rings. The van der Waals surface area contributed by atoms with Crippen LogP contribution in [-0.4, -0.2) is 9.55 Å². The van der Waals surface area contributed by atoms with Crippen LogP contribution in [0.15, 0.2) is 30.7 Å².